The zero-order valence-corrected chi connectivity index (χ0v) is 12.7. The molecule has 2 N–H and O–H groups in total. The van der Waals surface area contributed by atoms with Gasteiger partial charge in [-0.05, 0) is 26.2 Å². The lowest BCUT2D eigenvalue weighted by Crippen LogP contribution is -2.24. The van der Waals surface area contributed by atoms with Crippen molar-refractivity contribution in [1.29, 1.82) is 0 Å². The van der Waals surface area contributed by atoms with Gasteiger partial charge in [-0.25, -0.2) is 4.98 Å². The van der Waals surface area contributed by atoms with Crippen LogP contribution in [0.2, 0.25) is 0 Å². The van der Waals surface area contributed by atoms with E-state index in [1.807, 2.05) is 6.92 Å². The van der Waals surface area contributed by atoms with E-state index < -0.39 is 4.92 Å². The summed E-state index contributed by atoms with van der Waals surface area (Å²) in [4.78, 5) is 19.4. The third-order valence-electron chi connectivity index (χ3n) is 3.72. The highest BCUT2D eigenvalue weighted by Crippen LogP contribution is 2.29. The molecule has 116 valence electrons. The van der Waals surface area contributed by atoms with Gasteiger partial charge in [0.05, 0.1) is 4.92 Å². The fourth-order valence-electron chi connectivity index (χ4n) is 2.64. The quantitative estimate of drug-likeness (QED) is 0.617. The standard InChI is InChI=1S/C14H23N5O2/c1-3-9-15-14-16-10(2)12(19(20)21)13(18-14)17-11-7-5-4-6-8-11/h11H,3-9H2,1-2H3,(H2,15,16,17,18). The van der Waals surface area contributed by atoms with Crippen LogP contribution in [0, 0.1) is 17.0 Å². The van der Waals surface area contributed by atoms with Crippen LogP contribution in [0.15, 0.2) is 0 Å². The maximum absolute atomic E-state index is 11.3. The number of rotatable bonds is 6. The predicted molar refractivity (Wildman–Crippen MR) is 82.7 cm³/mol. The molecule has 0 amide bonds. The number of hydrogen-bond donors (Lipinski definition) is 2. The lowest BCUT2D eigenvalue weighted by Gasteiger charge is -2.23. The van der Waals surface area contributed by atoms with E-state index in [-0.39, 0.29) is 11.7 Å². The molecule has 0 atom stereocenters. The van der Waals surface area contributed by atoms with Crippen molar-refractivity contribution in [1.82, 2.24) is 9.97 Å². The van der Waals surface area contributed by atoms with E-state index in [0.717, 1.165) is 38.6 Å². The number of nitrogens with zero attached hydrogens (tertiary/aromatic N) is 3. The van der Waals surface area contributed by atoms with Gasteiger partial charge in [-0.1, -0.05) is 26.2 Å². The summed E-state index contributed by atoms with van der Waals surface area (Å²) in [5.74, 6) is 0.802. The van der Waals surface area contributed by atoms with Gasteiger partial charge in [-0.2, -0.15) is 4.98 Å². The number of aromatic nitrogens is 2. The summed E-state index contributed by atoms with van der Waals surface area (Å²) in [7, 11) is 0. The molecule has 7 nitrogen and oxygen atoms in total. The van der Waals surface area contributed by atoms with Crippen LogP contribution >= 0.6 is 0 Å². The highest BCUT2D eigenvalue weighted by atomic mass is 16.6. The minimum Gasteiger partial charge on any atom is -0.361 e. The molecule has 0 bridgehead atoms. The Bertz CT molecular complexity index is 500. The van der Waals surface area contributed by atoms with Crippen molar-refractivity contribution in [2.24, 2.45) is 0 Å². The molecular formula is C14H23N5O2. The first-order valence-electron chi connectivity index (χ1n) is 7.65. The molecule has 0 saturated heterocycles. The molecule has 1 fully saturated rings. The number of nitro groups is 1. The van der Waals surface area contributed by atoms with Gasteiger partial charge in [0.2, 0.25) is 11.8 Å². The highest BCUT2D eigenvalue weighted by molar-refractivity contribution is 5.61. The minimum absolute atomic E-state index is 0.0115. The monoisotopic (exact) mass is 293 g/mol. The number of anilines is 2. The second-order valence-electron chi connectivity index (χ2n) is 5.49. The highest BCUT2D eigenvalue weighted by Gasteiger charge is 2.24. The Morgan fingerprint density at radius 1 is 1.29 bits per heavy atom. The Morgan fingerprint density at radius 3 is 2.62 bits per heavy atom. The smallest absolute Gasteiger partial charge is 0.332 e. The maximum Gasteiger partial charge on any atom is 0.332 e. The Hall–Kier alpha value is -1.92. The second-order valence-corrected chi connectivity index (χ2v) is 5.49. The molecule has 0 unspecified atom stereocenters. The molecule has 1 heterocycles. The summed E-state index contributed by atoms with van der Waals surface area (Å²) in [6, 6.07) is 0.269. The van der Waals surface area contributed by atoms with E-state index in [2.05, 4.69) is 20.6 Å². The number of hydrogen-bond acceptors (Lipinski definition) is 6. The van der Waals surface area contributed by atoms with E-state index in [4.69, 9.17) is 0 Å². The summed E-state index contributed by atoms with van der Waals surface area (Å²) < 4.78 is 0. The molecular weight excluding hydrogens is 270 g/mol. The molecule has 1 saturated carbocycles. The lowest BCUT2D eigenvalue weighted by molar-refractivity contribution is -0.385. The van der Waals surface area contributed by atoms with Gasteiger partial charge in [0.15, 0.2) is 0 Å². The molecule has 1 aliphatic rings. The van der Waals surface area contributed by atoms with Crippen molar-refractivity contribution >= 4 is 17.5 Å². The average Bonchev–Trinajstić information content (AvgIpc) is 2.45. The van der Waals surface area contributed by atoms with E-state index in [0.29, 0.717) is 17.5 Å². The SMILES string of the molecule is CCCNc1nc(C)c([N+](=O)[O-])c(NC2CCCCC2)n1. The fourth-order valence-corrected chi connectivity index (χ4v) is 2.64. The Labute approximate surface area is 124 Å². The van der Waals surface area contributed by atoms with Crippen molar-refractivity contribution in [3.8, 4) is 0 Å². The summed E-state index contributed by atoms with van der Waals surface area (Å²) in [6.45, 7) is 4.45. The van der Waals surface area contributed by atoms with Gasteiger partial charge < -0.3 is 10.6 Å². The third kappa shape index (κ3) is 4.03. The third-order valence-corrected chi connectivity index (χ3v) is 3.72. The second kappa shape index (κ2) is 7.19. The van der Waals surface area contributed by atoms with Gasteiger partial charge in [0.1, 0.15) is 5.69 Å². The Morgan fingerprint density at radius 2 is 2.00 bits per heavy atom. The van der Waals surface area contributed by atoms with Crippen molar-refractivity contribution < 1.29 is 4.92 Å². The lowest BCUT2D eigenvalue weighted by atomic mass is 9.95. The predicted octanol–water partition coefficient (Wildman–Crippen LogP) is 3.26. The molecule has 1 aromatic heterocycles. The normalized spacial score (nSPS) is 15.7. The Kier molecular flexibility index (Phi) is 5.30. The summed E-state index contributed by atoms with van der Waals surface area (Å²) in [5, 5.41) is 17.6. The topological polar surface area (TPSA) is 93.0 Å². The summed E-state index contributed by atoms with van der Waals surface area (Å²) in [5.41, 5.74) is 0.384. The molecule has 0 aromatic carbocycles. The van der Waals surface area contributed by atoms with Gasteiger partial charge in [0, 0.05) is 12.6 Å². The number of nitrogens with one attached hydrogen (secondary N) is 2. The van der Waals surface area contributed by atoms with Crippen molar-refractivity contribution in [2.75, 3.05) is 17.2 Å². The van der Waals surface area contributed by atoms with Crippen LogP contribution in [-0.2, 0) is 0 Å². The van der Waals surface area contributed by atoms with Gasteiger partial charge in [-0.3, -0.25) is 10.1 Å². The molecule has 2 rings (SSSR count). The van der Waals surface area contributed by atoms with Crippen molar-refractivity contribution in [3.63, 3.8) is 0 Å². The largest absolute Gasteiger partial charge is 0.361 e. The molecule has 0 spiro atoms. The Balaban J connectivity index is 2.25. The van der Waals surface area contributed by atoms with Gasteiger partial charge >= 0.3 is 5.69 Å². The van der Waals surface area contributed by atoms with Gasteiger partial charge in [-0.15, -0.1) is 0 Å². The van der Waals surface area contributed by atoms with E-state index in [1.165, 1.54) is 6.42 Å². The van der Waals surface area contributed by atoms with Crippen LogP contribution in [0.1, 0.15) is 51.1 Å². The molecule has 0 aliphatic heterocycles. The maximum atomic E-state index is 11.3. The first-order valence-corrected chi connectivity index (χ1v) is 7.65. The molecule has 21 heavy (non-hydrogen) atoms. The van der Waals surface area contributed by atoms with Gasteiger partial charge in [0.25, 0.3) is 0 Å². The summed E-state index contributed by atoms with van der Waals surface area (Å²) in [6.07, 6.45) is 6.60. The fraction of sp³-hybridized carbons (Fsp3) is 0.714. The molecule has 7 heteroatoms. The van der Waals surface area contributed by atoms with E-state index in [9.17, 15) is 10.1 Å². The van der Waals surface area contributed by atoms with Crippen LogP contribution in [0.3, 0.4) is 0 Å². The van der Waals surface area contributed by atoms with E-state index >= 15 is 0 Å². The molecule has 1 aliphatic carbocycles. The van der Waals surface area contributed by atoms with Crippen LogP contribution in [0.25, 0.3) is 0 Å². The first kappa shape index (κ1) is 15.5. The molecule has 1 aromatic rings. The summed E-state index contributed by atoms with van der Waals surface area (Å²) >= 11 is 0. The number of aryl methyl sites for hydroxylation is 1. The zero-order valence-electron chi connectivity index (χ0n) is 12.7. The zero-order chi connectivity index (χ0) is 15.2. The minimum atomic E-state index is -0.399. The van der Waals surface area contributed by atoms with Crippen molar-refractivity contribution in [2.45, 2.75) is 58.4 Å². The van der Waals surface area contributed by atoms with Crippen LogP contribution < -0.4 is 10.6 Å². The van der Waals surface area contributed by atoms with Crippen LogP contribution in [0.5, 0.6) is 0 Å². The van der Waals surface area contributed by atoms with Crippen LogP contribution in [0.4, 0.5) is 17.5 Å². The first-order chi connectivity index (χ1) is 10.1. The molecule has 0 radical (unpaired) electrons. The van der Waals surface area contributed by atoms with Crippen molar-refractivity contribution in [3.05, 3.63) is 15.8 Å². The average molecular weight is 293 g/mol. The van der Waals surface area contributed by atoms with E-state index in [1.54, 1.807) is 6.92 Å². The van der Waals surface area contributed by atoms with Crippen LogP contribution in [-0.4, -0.2) is 27.5 Å².